The number of hydrogen-bond donors (Lipinski definition) is 2. The molecule has 2 aromatic carbocycles. The second-order valence-electron chi connectivity index (χ2n) is 4.82. The summed E-state index contributed by atoms with van der Waals surface area (Å²) >= 11 is 6.21. The molecule has 3 N–H and O–H groups in total. The summed E-state index contributed by atoms with van der Waals surface area (Å²) in [7, 11) is 0. The zero-order valence-corrected chi connectivity index (χ0v) is 12.7. The first-order valence-electron chi connectivity index (χ1n) is 6.55. The number of carboxylic acid groups (broad SMARTS) is 1. The number of anilines is 2. The van der Waals surface area contributed by atoms with Gasteiger partial charge in [-0.3, -0.25) is 9.69 Å². The second kappa shape index (κ2) is 6.49. The molecule has 2 aromatic rings. The highest BCUT2D eigenvalue weighted by atomic mass is 35.5. The summed E-state index contributed by atoms with van der Waals surface area (Å²) in [6.07, 6.45) is -0.138. The number of para-hydroxylation sites is 1. The number of primary amides is 1. The minimum absolute atomic E-state index is 0.138. The summed E-state index contributed by atoms with van der Waals surface area (Å²) in [5.41, 5.74) is 7.95. The normalized spacial score (nSPS) is 10.3. The Morgan fingerprint density at radius 3 is 2.41 bits per heavy atom. The lowest BCUT2D eigenvalue weighted by Gasteiger charge is -2.23. The predicted octanol–water partition coefficient (Wildman–Crippen LogP) is 3.49. The lowest BCUT2D eigenvalue weighted by molar-refractivity contribution is -0.136. The van der Waals surface area contributed by atoms with E-state index in [9.17, 15) is 9.59 Å². The number of benzene rings is 2. The van der Waals surface area contributed by atoms with Gasteiger partial charge in [-0.25, -0.2) is 4.79 Å². The van der Waals surface area contributed by atoms with Crippen molar-refractivity contribution in [2.45, 2.75) is 13.3 Å². The number of aryl methyl sites for hydroxylation is 1. The third-order valence-corrected chi connectivity index (χ3v) is 3.49. The maximum atomic E-state index is 11.9. The first-order valence-corrected chi connectivity index (χ1v) is 6.93. The maximum Gasteiger partial charge on any atom is 0.323 e. The molecule has 0 aliphatic carbocycles. The molecule has 0 aliphatic heterocycles. The van der Waals surface area contributed by atoms with Gasteiger partial charge in [0.1, 0.15) is 0 Å². The second-order valence-corrected chi connectivity index (χ2v) is 5.22. The quantitative estimate of drug-likeness (QED) is 0.905. The molecule has 0 saturated heterocycles. The number of carboxylic acids is 1. The molecule has 0 radical (unpaired) electrons. The zero-order valence-electron chi connectivity index (χ0n) is 11.9. The summed E-state index contributed by atoms with van der Waals surface area (Å²) in [4.78, 5) is 23.9. The molecule has 22 heavy (non-hydrogen) atoms. The molecule has 0 fully saturated rings. The SMILES string of the molecule is Cc1ccccc1N(C(N)=O)c1ccc(CC(=O)O)cc1Cl. The van der Waals surface area contributed by atoms with Crippen molar-refractivity contribution in [3.05, 3.63) is 58.6 Å². The standard InChI is InChI=1S/C16H15ClN2O3/c1-10-4-2-3-5-13(10)19(16(18)22)14-7-6-11(8-12(14)17)9-15(20)21/h2-8H,9H2,1H3,(H2,18,22)(H,20,21). The summed E-state index contributed by atoms with van der Waals surface area (Å²) in [6, 6.07) is 11.3. The Morgan fingerprint density at radius 2 is 1.86 bits per heavy atom. The molecule has 0 heterocycles. The monoisotopic (exact) mass is 318 g/mol. The molecule has 0 aliphatic rings. The van der Waals surface area contributed by atoms with Crippen LogP contribution in [0, 0.1) is 6.92 Å². The number of carbonyl (C=O) groups is 2. The number of halogens is 1. The molecule has 0 saturated carbocycles. The number of amides is 2. The molecular weight excluding hydrogens is 304 g/mol. The number of aliphatic carboxylic acids is 1. The molecular formula is C16H15ClN2O3. The van der Waals surface area contributed by atoms with Gasteiger partial charge in [0.25, 0.3) is 0 Å². The summed E-state index contributed by atoms with van der Waals surface area (Å²) in [5.74, 6) is -0.950. The van der Waals surface area contributed by atoms with E-state index in [1.54, 1.807) is 24.3 Å². The minimum Gasteiger partial charge on any atom is -0.481 e. The number of urea groups is 1. The van der Waals surface area contributed by atoms with Gasteiger partial charge in [0, 0.05) is 0 Å². The van der Waals surface area contributed by atoms with Crippen LogP contribution in [0.5, 0.6) is 0 Å². The van der Waals surface area contributed by atoms with Crippen LogP contribution in [0.1, 0.15) is 11.1 Å². The Kier molecular flexibility index (Phi) is 4.68. The van der Waals surface area contributed by atoms with E-state index in [1.165, 1.54) is 11.0 Å². The Bertz CT molecular complexity index is 731. The molecule has 0 unspecified atom stereocenters. The number of rotatable bonds is 4. The third-order valence-electron chi connectivity index (χ3n) is 3.19. The highest BCUT2D eigenvalue weighted by molar-refractivity contribution is 6.34. The average Bonchev–Trinajstić information content (AvgIpc) is 2.42. The van der Waals surface area contributed by atoms with E-state index < -0.39 is 12.0 Å². The van der Waals surface area contributed by atoms with E-state index in [0.717, 1.165) is 5.56 Å². The highest BCUT2D eigenvalue weighted by Gasteiger charge is 2.19. The van der Waals surface area contributed by atoms with E-state index in [-0.39, 0.29) is 11.4 Å². The van der Waals surface area contributed by atoms with Gasteiger partial charge in [-0.15, -0.1) is 0 Å². The Labute approximate surface area is 132 Å². The molecule has 114 valence electrons. The van der Waals surface area contributed by atoms with Crippen LogP contribution in [-0.4, -0.2) is 17.1 Å². The van der Waals surface area contributed by atoms with Gasteiger partial charge in [0.05, 0.1) is 22.8 Å². The van der Waals surface area contributed by atoms with Crippen molar-refractivity contribution in [1.29, 1.82) is 0 Å². The maximum absolute atomic E-state index is 11.9. The number of carbonyl (C=O) groups excluding carboxylic acids is 1. The molecule has 0 aromatic heterocycles. The fourth-order valence-electron chi connectivity index (χ4n) is 2.20. The smallest absolute Gasteiger partial charge is 0.323 e. The predicted molar refractivity (Wildman–Crippen MR) is 85.7 cm³/mol. The first kappa shape index (κ1) is 15.9. The first-order chi connectivity index (χ1) is 10.4. The van der Waals surface area contributed by atoms with Crippen molar-refractivity contribution in [3.63, 3.8) is 0 Å². The fraction of sp³-hybridized carbons (Fsp3) is 0.125. The fourth-order valence-corrected chi connectivity index (χ4v) is 2.49. The van der Waals surface area contributed by atoms with E-state index in [1.807, 2.05) is 19.1 Å². The van der Waals surface area contributed by atoms with E-state index in [4.69, 9.17) is 22.4 Å². The van der Waals surface area contributed by atoms with Crippen molar-refractivity contribution in [1.82, 2.24) is 0 Å². The van der Waals surface area contributed by atoms with Gasteiger partial charge in [-0.05, 0) is 36.2 Å². The summed E-state index contributed by atoms with van der Waals surface area (Å²) in [6.45, 7) is 1.86. The van der Waals surface area contributed by atoms with Gasteiger partial charge in [-0.1, -0.05) is 35.9 Å². The highest BCUT2D eigenvalue weighted by Crippen LogP contribution is 2.34. The van der Waals surface area contributed by atoms with Crippen LogP contribution >= 0.6 is 11.6 Å². The van der Waals surface area contributed by atoms with Gasteiger partial charge in [0.2, 0.25) is 0 Å². The van der Waals surface area contributed by atoms with E-state index in [0.29, 0.717) is 16.9 Å². The van der Waals surface area contributed by atoms with Crippen LogP contribution < -0.4 is 10.6 Å². The van der Waals surface area contributed by atoms with Gasteiger partial charge in [-0.2, -0.15) is 0 Å². The van der Waals surface area contributed by atoms with Crippen LogP contribution in [0.2, 0.25) is 5.02 Å². The van der Waals surface area contributed by atoms with Crippen LogP contribution in [0.25, 0.3) is 0 Å². The molecule has 6 heteroatoms. The summed E-state index contributed by atoms with van der Waals surface area (Å²) < 4.78 is 0. The third kappa shape index (κ3) is 3.38. The van der Waals surface area contributed by atoms with Crippen LogP contribution in [0.4, 0.5) is 16.2 Å². The molecule has 0 atom stereocenters. The molecule has 5 nitrogen and oxygen atoms in total. The van der Waals surface area contributed by atoms with Gasteiger partial charge >= 0.3 is 12.0 Å². The zero-order chi connectivity index (χ0) is 16.3. The average molecular weight is 319 g/mol. The topological polar surface area (TPSA) is 83.6 Å². The molecule has 0 spiro atoms. The van der Waals surface area contributed by atoms with Crippen LogP contribution in [0.15, 0.2) is 42.5 Å². The molecule has 2 amide bonds. The van der Waals surface area contributed by atoms with E-state index in [2.05, 4.69) is 0 Å². The van der Waals surface area contributed by atoms with Crippen molar-refractivity contribution in [2.75, 3.05) is 4.90 Å². The van der Waals surface area contributed by atoms with Crippen molar-refractivity contribution >= 4 is 35.0 Å². The number of nitrogens with two attached hydrogens (primary N) is 1. The summed E-state index contributed by atoms with van der Waals surface area (Å²) in [5, 5.41) is 9.08. The number of hydrogen-bond acceptors (Lipinski definition) is 2. The Balaban J connectivity index is 2.48. The van der Waals surface area contributed by atoms with E-state index >= 15 is 0 Å². The van der Waals surface area contributed by atoms with Crippen molar-refractivity contribution in [2.24, 2.45) is 5.73 Å². The lowest BCUT2D eigenvalue weighted by Crippen LogP contribution is -2.32. The van der Waals surface area contributed by atoms with Crippen molar-refractivity contribution in [3.8, 4) is 0 Å². The number of nitrogens with zero attached hydrogens (tertiary/aromatic N) is 1. The van der Waals surface area contributed by atoms with Crippen LogP contribution in [-0.2, 0) is 11.2 Å². The largest absolute Gasteiger partial charge is 0.481 e. The lowest BCUT2D eigenvalue weighted by atomic mass is 10.1. The minimum atomic E-state index is -0.950. The molecule has 0 bridgehead atoms. The molecule has 2 rings (SSSR count). The Morgan fingerprint density at radius 1 is 1.18 bits per heavy atom. The Hall–Kier alpha value is -2.53. The van der Waals surface area contributed by atoms with Gasteiger partial charge in [0.15, 0.2) is 0 Å². The van der Waals surface area contributed by atoms with Crippen molar-refractivity contribution < 1.29 is 14.7 Å². The van der Waals surface area contributed by atoms with Crippen LogP contribution in [0.3, 0.4) is 0 Å². The van der Waals surface area contributed by atoms with Gasteiger partial charge < -0.3 is 10.8 Å².